The highest BCUT2D eigenvalue weighted by molar-refractivity contribution is 6.08. The molecule has 1 aromatic heterocycles. The van der Waals surface area contributed by atoms with E-state index in [1.807, 2.05) is 27.7 Å². The van der Waals surface area contributed by atoms with Crippen LogP contribution in [0.3, 0.4) is 0 Å². The van der Waals surface area contributed by atoms with Crippen LogP contribution in [0.15, 0.2) is 23.0 Å². The van der Waals surface area contributed by atoms with E-state index < -0.39 is 12.0 Å². The molecule has 1 aromatic carbocycles. The Morgan fingerprint density at radius 3 is 2.52 bits per heavy atom. The number of nitrogens with zero attached hydrogens (tertiary/aromatic N) is 1. The molecule has 1 heterocycles. The van der Waals surface area contributed by atoms with Crippen molar-refractivity contribution >= 4 is 22.8 Å². The Balaban J connectivity index is 2.90. The van der Waals surface area contributed by atoms with Gasteiger partial charge in [-0.05, 0) is 24.0 Å². The molecule has 0 aliphatic rings. The average Bonchev–Trinajstić information content (AvgIpc) is 2.62. The molecule has 0 saturated heterocycles. The Morgan fingerprint density at radius 1 is 1.28 bits per heavy atom. The monoisotopic (exact) mass is 403 g/mol. The van der Waals surface area contributed by atoms with Crippen LogP contribution in [0, 0.1) is 5.41 Å². The van der Waals surface area contributed by atoms with Crippen LogP contribution in [0.25, 0.3) is 10.8 Å². The summed E-state index contributed by atoms with van der Waals surface area (Å²) in [6.45, 7) is 8.55. The molecule has 2 amide bonds. The van der Waals surface area contributed by atoms with E-state index in [9.17, 15) is 14.4 Å². The minimum atomic E-state index is -1.22. The minimum absolute atomic E-state index is 0.134. The van der Waals surface area contributed by atoms with E-state index in [4.69, 9.17) is 15.6 Å². The molecule has 0 saturated carbocycles. The normalized spacial score (nSPS) is 11.4. The molecular weight excluding hydrogens is 374 g/mol. The van der Waals surface area contributed by atoms with E-state index in [-0.39, 0.29) is 23.1 Å². The van der Waals surface area contributed by atoms with Gasteiger partial charge in [0, 0.05) is 11.9 Å². The van der Waals surface area contributed by atoms with Crippen LogP contribution in [-0.2, 0) is 13.1 Å². The van der Waals surface area contributed by atoms with Crippen molar-refractivity contribution < 1.29 is 19.4 Å². The van der Waals surface area contributed by atoms with Crippen molar-refractivity contribution in [2.45, 2.75) is 53.6 Å². The second-order valence-electron chi connectivity index (χ2n) is 8.18. The molecule has 0 aliphatic heterocycles. The highest BCUT2D eigenvalue weighted by Gasteiger charge is 2.24. The summed E-state index contributed by atoms with van der Waals surface area (Å²) in [4.78, 5) is 36.5. The molecule has 8 heteroatoms. The van der Waals surface area contributed by atoms with Gasteiger partial charge < -0.3 is 25.5 Å². The molecule has 2 aromatic rings. The number of unbranched alkanes of at least 4 members (excludes halogenated alkanes) is 1. The SMILES string of the molecule is CCCCOc1c(CNC(=O)O)n(CC(C)(C)C)c(=O)c2cccc(C(N)=O)c12. The lowest BCUT2D eigenvalue weighted by Gasteiger charge is -2.26. The second-order valence-corrected chi connectivity index (χ2v) is 8.18. The van der Waals surface area contributed by atoms with Crippen molar-refractivity contribution in [3.05, 3.63) is 39.8 Å². The van der Waals surface area contributed by atoms with Crippen LogP contribution in [-0.4, -0.2) is 28.3 Å². The van der Waals surface area contributed by atoms with Crippen LogP contribution in [0.2, 0.25) is 0 Å². The number of hydrogen-bond donors (Lipinski definition) is 3. The van der Waals surface area contributed by atoms with Gasteiger partial charge in [0.05, 0.1) is 29.8 Å². The fraction of sp³-hybridized carbons (Fsp3) is 0.476. The van der Waals surface area contributed by atoms with E-state index in [2.05, 4.69) is 5.32 Å². The Hall–Kier alpha value is -3.03. The highest BCUT2D eigenvalue weighted by atomic mass is 16.5. The van der Waals surface area contributed by atoms with Gasteiger partial charge >= 0.3 is 6.09 Å². The number of amides is 2. The van der Waals surface area contributed by atoms with Crippen molar-refractivity contribution in [1.29, 1.82) is 0 Å². The zero-order chi connectivity index (χ0) is 21.8. The van der Waals surface area contributed by atoms with Gasteiger partial charge in [-0.25, -0.2) is 4.79 Å². The Morgan fingerprint density at radius 2 is 1.97 bits per heavy atom. The quantitative estimate of drug-likeness (QED) is 0.584. The van der Waals surface area contributed by atoms with Crippen LogP contribution < -0.4 is 21.3 Å². The predicted octanol–water partition coefficient (Wildman–Crippen LogP) is 3.09. The summed E-state index contributed by atoms with van der Waals surface area (Å²) in [5.74, 6) is -0.360. The number of ether oxygens (including phenoxy) is 1. The van der Waals surface area contributed by atoms with Crippen LogP contribution >= 0.6 is 0 Å². The van der Waals surface area contributed by atoms with Crippen molar-refractivity contribution in [3.8, 4) is 5.75 Å². The topological polar surface area (TPSA) is 124 Å². The molecule has 2 rings (SSSR count). The summed E-state index contributed by atoms with van der Waals surface area (Å²) in [7, 11) is 0. The molecule has 29 heavy (non-hydrogen) atoms. The number of pyridine rings is 1. The second kappa shape index (κ2) is 8.98. The molecular formula is C21H29N3O5. The lowest BCUT2D eigenvalue weighted by molar-refractivity contribution is 0.100. The highest BCUT2D eigenvalue weighted by Crippen LogP contribution is 2.32. The van der Waals surface area contributed by atoms with Crippen molar-refractivity contribution in [3.63, 3.8) is 0 Å². The van der Waals surface area contributed by atoms with Crippen molar-refractivity contribution in [2.24, 2.45) is 11.1 Å². The third-order valence-corrected chi connectivity index (χ3v) is 4.40. The third kappa shape index (κ3) is 5.28. The molecule has 0 radical (unpaired) electrons. The maximum atomic E-state index is 13.3. The lowest BCUT2D eigenvalue weighted by atomic mass is 9.95. The summed E-state index contributed by atoms with van der Waals surface area (Å²) in [5, 5.41) is 12.1. The summed E-state index contributed by atoms with van der Waals surface area (Å²) in [6.07, 6.45) is 0.442. The zero-order valence-electron chi connectivity index (χ0n) is 17.4. The number of carbonyl (C=O) groups is 2. The maximum Gasteiger partial charge on any atom is 0.404 e. The molecule has 0 bridgehead atoms. The van der Waals surface area contributed by atoms with E-state index in [1.54, 1.807) is 18.2 Å². The van der Waals surface area contributed by atoms with Gasteiger partial charge in [-0.15, -0.1) is 0 Å². The Labute approximate surface area is 169 Å². The Kier molecular flexibility index (Phi) is 6.89. The summed E-state index contributed by atoms with van der Waals surface area (Å²) in [5.41, 5.74) is 5.53. The van der Waals surface area contributed by atoms with Crippen LogP contribution in [0.1, 0.15) is 56.6 Å². The number of nitrogens with two attached hydrogens (primary N) is 1. The van der Waals surface area contributed by atoms with Gasteiger partial charge in [0.15, 0.2) is 0 Å². The number of carbonyl (C=O) groups excluding carboxylic acids is 1. The molecule has 0 atom stereocenters. The van der Waals surface area contributed by atoms with Gasteiger partial charge in [-0.3, -0.25) is 9.59 Å². The molecule has 0 spiro atoms. The first-order valence-corrected chi connectivity index (χ1v) is 9.64. The van der Waals surface area contributed by atoms with Crippen molar-refractivity contribution in [1.82, 2.24) is 9.88 Å². The fourth-order valence-electron chi connectivity index (χ4n) is 3.17. The number of nitrogens with one attached hydrogen (secondary N) is 1. The largest absolute Gasteiger partial charge is 0.491 e. The number of benzene rings is 1. The average molecular weight is 403 g/mol. The zero-order valence-corrected chi connectivity index (χ0v) is 17.4. The van der Waals surface area contributed by atoms with Gasteiger partial charge in [-0.2, -0.15) is 0 Å². The molecule has 4 N–H and O–H groups in total. The standard InChI is InChI=1S/C21H29N3O5/c1-5-6-10-29-17-15(11-23-20(27)28)24(12-21(2,3)4)19(26)14-9-7-8-13(16(14)17)18(22)25/h7-9,23H,5-6,10-12H2,1-4H3,(H2,22,25)(H,27,28). The van der Waals surface area contributed by atoms with Crippen LogP contribution in [0.4, 0.5) is 4.79 Å². The predicted molar refractivity (Wildman–Crippen MR) is 111 cm³/mol. The summed E-state index contributed by atoms with van der Waals surface area (Å²) in [6, 6.07) is 4.78. The van der Waals surface area contributed by atoms with E-state index >= 15 is 0 Å². The number of rotatable bonds is 8. The molecule has 0 aliphatic carbocycles. The summed E-state index contributed by atoms with van der Waals surface area (Å²) < 4.78 is 7.56. The number of carboxylic acid groups (broad SMARTS) is 1. The molecule has 158 valence electrons. The number of primary amides is 1. The fourth-order valence-corrected chi connectivity index (χ4v) is 3.17. The number of fused-ring (bicyclic) bond motifs is 1. The van der Waals surface area contributed by atoms with Gasteiger partial charge in [0.25, 0.3) is 5.56 Å². The first-order valence-electron chi connectivity index (χ1n) is 9.64. The first kappa shape index (κ1) is 22.3. The third-order valence-electron chi connectivity index (χ3n) is 4.40. The van der Waals surface area contributed by atoms with E-state index in [0.29, 0.717) is 35.4 Å². The Bertz CT molecular complexity index is 973. The first-order chi connectivity index (χ1) is 13.6. The lowest BCUT2D eigenvalue weighted by Crippen LogP contribution is -2.33. The smallest absolute Gasteiger partial charge is 0.404 e. The van der Waals surface area contributed by atoms with Gasteiger partial charge in [-0.1, -0.05) is 40.2 Å². The van der Waals surface area contributed by atoms with Gasteiger partial charge in [0.1, 0.15) is 5.75 Å². The summed E-state index contributed by atoms with van der Waals surface area (Å²) >= 11 is 0. The molecule has 0 fully saturated rings. The number of aromatic nitrogens is 1. The van der Waals surface area contributed by atoms with Crippen LogP contribution in [0.5, 0.6) is 5.75 Å². The van der Waals surface area contributed by atoms with Gasteiger partial charge in [0.2, 0.25) is 5.91 Å². The minimum Gasteiger partial charge on any atom is -0.491 e. The van der Waals surface area contributed by atoms with Crippen molar-refractivity contribution in [2.75, 3.05) is 6.61 Å². The molecule has 8 nitrogen and oxygen atoms in total. The van der Waals surface area contributed by atoms with E-state index in [1.165, 1.54) is 4.57 Å². The number of hydrogen-bond acceptors (Lipinski definition) is 4. The molecule has 0 unspecified atom stereocenters. The maximum absolute atomic E-state index is 13.3. The van der Waals surface area contributed by atoms with E-state index in [0.717, 1.165) is 12.8 Å².